The lowest BCUT2D eigenvalue weighted by molar-refractivity contribution is 0.674. The van der Waals surface area contributed by atoms with Crippen LogP contribution in [0.3, 0.4) is 0 Å². The van der Waals surface area contributed by atoms with Gasteiger partial charge in [-0.25, -0.2) is 9.97 Å². The van der Waals surface area contributed by atoms with E-state index in [9.17, 15) is 0 Å². The molecule has 0 spiro atoms. The van der Waals surface area contributed by atoms with Gasteiger partial charge in [0.25, 0.3) is 0 Å². The third-order valence-electron chi connectivity index (χ3n) is 9.16. The molecular weight excluding hydrogens is 562 g/mol. The number of hydrogen-bond donors (Lipinski definition) is 0. The van der Waals surface area contributed by atoms with Crippen LogP contribution in [0.5, 0.6) is 0 Å². The maximum Gasteiger partial charge on any atom is 0.145 e. The van der Waals surface area contributed by atoms with Gasteiger partial charge in [-0.3, -0.25) is 0 Å². The molecular formula is C42H25N3O. The van der Waals surface area contributed by atoms with Gasteiger partial charge >= 0.3 is 0 Å². The second-order valence-electron chi connectivity index (χ2n) is 11.8. The van der Waals surface area contributed by atoms with E-state index >= 15 is 0 Å². The highest BCUT2D eigenvalue weighted by molar-refractivity contribution is 6.25. The molecule has 3 heterocycles. The Labute approximate surface area is 263 Å². The van der Waals surface area contributed by atoms with Gasteiger partial charge in [0.15, 0.2) is 0 Å². The lowest BCUT2D eigenvalue weighted by Gasteiger charge is -2.11. The largest absolute Gasteiger partial charge is 0.455 e. The molecule has 46 heavy (non-hydrogen) atoms. The summed E-state index contributed by atoms with van der Waals surface area (Å²) >= 11 is 0. The van der Waals surface area contributed by atoms with Crippen LogP contribution in [0.15, 0.2) is 156 Å². The minimum atomic E-state index is 0.810. The molecule has 0 unspecified atom stereocenters. The van der Waals surface area contributed by atoms with Crippen LogP contribution < -0.4 is 0 Å². The van der Waals surface area contributed by atoms with Crippen molar-refractivity contribution >= 4 is 65.6 Å². The summed E-state index contributed by atoms with van der Waals surface area (Å²) in [6.45, 7) is 0. The van der Waals surface area contributed by atoms with Crippen molar-refractivity contribution in [1.29, 1.82) is 0 Å². The van der Waals surface area contributed by atoms with Crippen LogP contribution in [0.1, 0.15) is 0 Å². The summed E-state index contributed by atoms with van der Waals surface area (Å²) in [5.74, 6) is 0. The maximum atomic E-state index is 7.00. The molecule has 0 saturated heterocycles. The first kappa shape index (κ1) is 25.1. The standard InChI is InChI=1S/C42H25N3O/c1-2-12-27(13-3-1)39-40(44-35-19-8-7-18-34(35)43-39)33-17-10-16-30-31-23-24-37-38(42(31)46-41(30)33)32-15-6-9-20-36(32)45(37)29-22-21-26-11-4-5-14-28(26)25-29/h1-25H. The van der Waals surface area contributed by atoms with E-state index in [1.165, 1.54) is 10.8 Å². The Bertz CT molecular complexity index is 2810. The van der Waals surface area contributed by atoms with Crippen molar-refractivity contribution in [3.8, 4) is 28.2 Å². The number of nitrogens with zero attached hydrogens (tertiary/aromatic N) is 3. The summed E-state index contributed by atoms with van der Waals surface area (Å²) in [6.07, 6.45) is 0. The van der Waals surface area contributed by atoms with Crippen LogP contribution in [0.2, 0.25) is 0 Å². The average molecular weight is 588 g/mol. The van der Waals surface area contributed by atoms with Crippen LogP contribution in [0.25, 0.3) is 93.8 Å². The molecule has 7 aromatic carbocycles. The summed E-state index contributed by atoms with van der Waals surface area (Å²) in [4.78, 5) is 10.3. The monoisotopic (exact) mass is 587 g/mol. The topological polar surface area (TPSA) is 43.9 Å². The molecule has 0 amide bonds. The lowest BCUT2D eigenvalue weighted by atomic mass is 10.0. The van der Waals surface area contributed by atoms with Gasteiger partial charge < -0.3 is 8.98 Å². The summed E-state index contributed by atoms with van der Waals surface area (Å²) in [5, 5.41) is 6.85. The summed E-state index contributed by atoms with van der Waals surface area (Å²) in [6, 6.07) is 52.9. The van der Waals surface area contributed by atoms with Gasteiger partial charge in [-0.05, 0) is 59.3 Å². The Kier molecular flexibility index (Phi) is 5.25. The van der Waals surface area contributed by atoms with Crippen molar-refractivity contribution in [3.63, 3.8) is 0 Å². The van der Waals surface area contributed by atoms with E-state index < -0.39 is 0 Å². The molecule has 4 nitrogen and oxygen atoms in total. The fourth-order valence-electron chi connectivity index (χ4n) is 7.07. The third kappa shape index (κ3) is 3.61. The van der Waals surface area contributed by atoms with Gasteiger partial charge in [0.2, 0.25) is 0 Å². The summed E-state index contributed by atoms with van der Waals surface area (Å²) in [7, 11) is 0. The Morgan fingerprint density at radius 2 is 1.15 bits per heavy atom. The van der Waals surface area contributed by atoms with E-state index in [2.05, 4.69) is 114 Å². The fourth-order valence-corrected chi connectivity index (χ4v) is 7.07. The van der Waals surface area contributed by atoms with Gasteiger partial charge in [-0.2, -0.15) is 0 Å². The second-order valence-corrected chi connectivity index (χ2v) is 11.8. The molecule has 0 aliphatic carbocycles. The zero-order valence-corrected chi connectivity index (χ0v) is 24.7. The highest BCUT2D eigenvalue weighted by Gasteiger charge is 2.22. The van der Waals surface area contributed by atoms with Crippen molar-refractivity contribution in [2.75, 3.05) is 0 Å². The molecule has 0 radical (unpaired) electrons. The van der Waals surface area contributed by atoms with Crippen LogP contribution in [0, 0.1) is 0 Å². The van der Waals surface area contributed by atoms with Crippen LogP contribution >= 0.6 is 0 Å². The van der Waals surface area contributed by atoms with E-state index in [0.29, 0.717) is 0 Å². The molecule has 0 bridgehead atoms. The SMILES string of the molecule is c1ccc(-c2nc3ccccc3nc2-c2cccc3c2oc2c3ccc3c2c2ccccc2n3-c2ccc3ccccc3c2)cc1. The summed E-state index contributed by atoms with van der Waals surface area (Å²) in [5.41, 5.74) is 10.4. The van der Waals surface area contributed by atoms with Crippen LogP contribution in [0.4, 0.5) is 0 Å². The van der Waals surface area contributed by atoms with E-state index in [-0.39, 0.29) is 0 Å². The number of para-hydroxylation sites is 4. The highest BCUT2D eigenvalue weighted by Crippen LogP contribution is 2.44. The van der Waals surface area contributed by atoms with E-state index in [4.69, 9.17) is 14.4 Å². The number of hydrogen-bond acceptors (Lipinski definition) is 3. The molecule has 214 valence electrons. The lowest BCUT2D eigenvalue weighted by Crippen LogP contribution is -1.95. The maximum absolute atomic E-state index is 7.00. The molecule has 4 heteroatoms. The van der Waals surface area contributed by atoms with Crippen LogP contribution in [-0.4, -0.2) is 14.5 Å². The van der Waals surface area contributed by atoms with Crippen molar-refractivity contribution in [2.24, 2.45) is 0 Å². The number of aromatic nitrogens is 3. The van der Waals surface area contributed by atoms with E-state index in [1.807, 2.05) is 42.5 Å². The van der Waals surface area contributed by atoms with Gasteiger partial charge in [-0.1, -0.05) is 103 Å². The molecule has 0 saturated carbocycles. The summed E-state index contributed by atoms with van der Waals surface area (Å²) < 4.78 is 9.35. The number of furan rings is 1. The highest BCUT2D eigenvalue weighted by atomic mass is 16.3. The zero-order chi connectivity index (χ0) is 30.2. The van der Waals surface area contributed by atoms with Crippen molar-refractivity contribution < 1.29 is 4.42 Å². The van der Waals surface area contributed by atoms with E-state index in [1.54, 1.807) is 0 Å². The van der Waals surface area contributed by atoms with Gasteiger partial charge in [-0.15, -0.1) is 0 Å². The molecule has 0 N–H and O–H groups in total. The fraction of sp³-hybridized carbons (Fsp3) is 0. The Morgan fingerprint density at radius 3 is 2.02 bits per heavy atom. The third-order valence-corrected chi connectivity index (χ3v) is 9.16. The minimum absolute atomic E-state index is 0.810. The first-order valence-corrected chi connectivity index (χ1v) is 15.5. The Hall–Kier alpha value is -6.26. The average Bonchev–Trinajstić information content (AvgIpc) is 3.67. The number of rotatable bonds is 3. The first-order valence-electron chi connectivity index (χ1n) is 15.5. The Morgan fingerprint density at radius 1 is 0.457 bits per heavy atom. The quantitative estimate of drug-likeness (QED) is 0.207. The molecule has 10 rings (SSSR count). The first-order chi connectivity index (χ1) is 22.8. The van der Waals surface area contributed by atoms with Crippen LogP contribution in [-0.2, 0) is 0 Å². The number of benzene rings is 7. The minimum Gasteiger partial charge on any atom is -0.455 e. The predicted octanol–water partition coefficient (Wildman–Crippen LogP) is 11.1. The number of fused-ring (bicyclic) bond motifs is 9. The second kappa shape index (κ2) is 9.62. The Balaban J connectivity index is 1.28. The van der Waals surface area contributed by atoms with Gasteiger partial charge in [0.1, 0.15) is 16.9 Å². The molecule has 0 aliphatic heterocycles. The van der Waals surface area contributed by atoms with Gasteiger partial charge in [0.05, 0.1) is 33.1 Å². The predicted molar refractivity (Wildman–Crippen MR) is 190 cm³/mol. The van der Waals surface area contributed by atoms with Crippen molar-refractivity contribution in [2.45, 2.75) is 0 Å². The molecule has 3 aromatic heterocycles. The smallest absolute Gasteiger partial charge is 0.145 e. The van der Waals surface area contributed by atoms with E-state index in [0.717, 1.165) is 83.0 Å². The molecule has 0 aliphatic rings. The molecule has 0 atom stereocenters. The normalized spacial score (nSPS) is 11.9. The molecule has 10 aromatic rings. The zero-order valence-electron chi connectivity index (χ0n) is 24.7. The molecule has 0 fully saturated rings. The van der Waals surface area contributed by atoms with Crippen molar-refractivity contribution in [1.82, 2.24) is 14.5 Å². The van der Waals surface area contributed by atoms with Crippen molar-refractivity contribution in [3.05, 3.63) is 152 Å². The van der Waals surface area contributed by atoms with Gasteiger partial charge in [0, 0.05) is 33.0 Å².